The topological polar surface area (TPSA) is 68.0 Å². The fourth-order valence-electron chi connectivity index (χ4n) is 2.04. The first-order chi connectivity index (χ1) is 10.1. The van der Waals surface area contributed by atoms with Gasteiger partial charge in [0, 0.05) is 31.9 Å². The molecule has 1 rings (SSSR count). The molecule has 0 saturated carbocycles. The van der Waals surface area contributed by atoms with Gasteiger partial charge in [-0.1, -0.05) is 6.92 Å². The molecule has 0 amide bonds. The molecule has 0 saturated heterocycles. The van der Waals surface area contributed by atoms with Gasteiger partial charge in [-0.3, -0.25) is 4.90 Å². The molecule has 0 bridgehead atoms. The Morgan fingerprint density at radius 2 is 1.95 bits per heavy atom. The standard InChI is InChI=1S/C16H28N2O3/c1-4-13(2)18(9-10-20-3)11-15(19)12-21-16-7-5-14(17)6-8-16/h5-8,13,15,19H,4,9-12,17H2,1-3H3. The van der Waals surface area contributed by atoms with Crippen molar-refractivity contribution in [3.05, 3.63) is 24.3 Å². The highest BCUT2D eigenvalue weighted by atomic mass is 16.5. The smallest absolute Gasteiger partial charge is 0.119 e. The van der Waals surface area contributed by atoms with E-state index in [9.17, 15) is 5.11 Å². The van der Waals surface area contributed by atoms with Crippen molar-refractivity contribution < 1.29 is 14.6 Å². The van der Waals surface area contributed by atoms with Crippen molar-refractivity contribution in [2.24, 2.45) is 0 Å². The molecule has 5 nitrogen and oxygen atoms in total. The predicted molar refractivity (Wildman–Crippen MR) is 85.6 cm³/mol. The van der Waals surface area contributed by atoms with Crippen LogP contribution in [-0.4, -0.2) is 55.6 Å². The second-order valence-electron chi connectivity index (χ2n) is 5.28. The Morgan fingerprint density at radius 1 is 1.29 bits per heavy atom. The second kappa shape index (κ2) is 9.60. The van der Waals surface area contributed by atoms with Crippen molar-refractivity contribution >= 4 is 5.69 Å². The second-order valence-corrected chi connectivity index (χ2v) is 5.28. The van der Waals surface area contributed by atoms with E-state index in [1.807, 2.05) is 0 Å². The molecule has 3 N–H and O–H groups in total. The predicted octanol–water partition coefficient (Wildman–Crippen LogP) is 1.76. The molecule has 0 heterocycles. The maximum absolute atomic E-state index is 10.1. The maximum atomic E-state index is 10.1. The first kappa shape index (κ1) is 17.8. The lowest BCUT2D eigenvalue weighted by atomic mass is 10.2. The van der Waals surface area contributed by atoms with Gasteiger partial charge in [0.1, 0.15) is 18.5 Å². The number of hydrogen-bond donors (Lipinski definition) is 2. The third-order valence-electron chi connectivity index (χ3n) is 3.56. The summed E-state index contributed by atoms with van der Waals surface area (Å²) in [4.78, 5) is 2.22. The number of nitrogens with zero attached hydrogens (tertiary/aromatic N) is 1. The van der Waals surface area contributed by atoms with E-state index in [-0.39, 0.29) is 6.61 Å². The minimum atomic E-state index is -0.534. The van der Waals surface area contributed by atoms with Crippen LogP contribution >= 0.6 is 0 Å². The van der Waals surface area contributed by atoms with Crippen molar-refractivity contribution in [1.82, 2.24) is 4.90 Å². The number of anilines is 1. The molecule has 1 aromatic carbocycles. The van der Waals surface area contributed by atoms with Crippen LogP contribution in [-0.2, 0) is 4.74 Å². The third kappa shape index (κ3) is 6.80. The highest BCUT2D eigenvalue weighted by Gasteiger charge is 2.16. The molecule has 2 atom stereocenters. The van der Waals surface area contributed by atoms with Crippen LogP contribution in [0.3, 0.4) is 0 Å². The molecule has 21 heavy (non-hydrogen) atoms. The van der Waals surface area contributed by atoms with Gasteiger partial charge >= 0.3 is 0 Å². The van der Waals surface area contributed by atoms with Crippen molar-refractivity contribution in [2.45, 2.75) is 32.4 Å². The first-order valence-corrected chi connectivity index (χ1v) is 7.46. The lowest BCUT2D eigenvalue weighted by Crippen LogP contribution is -2.42. The average Bonchev–Trinajstić information content (AvgIpc) is 2.50. The molecule has 0 spiro atoms. The van der Waals surface area contributed by atoms with E-state index >= 15 is 0 Å². The van der Waals surface area contributed by atoms with Crippen LogP contribution in [0, 0.1) is 0 Å². The number of ether oxygens (including phenoxy) is 2. The number of benzene rings is 1. The Kier molecular flexibility index (Phi) is 8.12. The van der Waals surface area contributed by atoms with Gasteiger partial charge in [0.2, 0.25) is 0 Å². The van der Waals surface area contributed by atoms with Gasteiger partial charge in [0.05, 0.1) is 6.61 Å². The normalized spacial score (nSPS) is 14.1. The summed E-state index contributed by atoms with van der Waals surface area (Å²) in [6, 6.07) is 7.59. The largest absolute Gasteiger partial charge is 0.491 e. The van der Waals surface area contributed by atoms with Crippen molar-refractivity contribution in [3.63, 3.8) is 0 Å². The summed E-state index contributed by atoms with van der Waals surface area (Å²) >= 11 is 0. The number of methoxy groups -OCH3 is 1. The zero-order valence-corrected chi connectivity index (χ0v) is 13.3. The van der Waals surface area contributed by atoms with E-state index in [0.29, 0.717) is 24.9 Å². The summed E-state index contributed by atoms with van der Waals surface area (Å²) in [5.74, 6) is 0.718. The minimum Gasteiger partial charge on any atom is -0.491 e. The van der Waals surface area contributed by atoms with Crippen LogP contribution in [0.25, 0.3) is 0 Å². The van der Waals surface area contributed by atoms with E-state index in [4.69, 9.17) is 15.2 Å². The van der Waals surface area contributed by atoms with Gasteiger partial charge in [-0.2, -0.15) is 0 Å². The number of nitrogens with two attached hydrogens (primary N) is 1. The molecule has 1 aromatic rings. The van der Waals surface area contributed by atoms with Crippen LogP contribution < -0.4 is 10.5 Å². The Balaban J connectivity index is 2.41. The van der Waals surface area contributed by atoms with Crippen LogP contribution in [0.2, 0.25) is 0 Å². The van der Waals surface area contributed by atoms with Crippen LogP contribution in [0.15, 0.2) is 24.3 Å². The van der Waals surface area contributed by atoms with Crippen molar-refractivity contribution in [3.8, 4) is 5.75 Å². The molecule has 0 radical (unpaired) electrons. The molecule has 0 aliphatic heterocycles. The number of rotatable bonds is 10. The van der Waals surface area contributed by atoms with E-state index in [1.54, 1.807) is 31.4 Å². The van der Waals surface area contributed by atoms with E-state index in [0.717, 1.165) is 18.7 Å². The molecule has 5 heteroatoms. The maximum Gasteiger partial charge on any atom is 0.119 e. The van der Waals surface area contributed by atoms with E-state index in [1.165, 1.54) is 0 Å². The highest BCUT2D eigenvalue weighted by Crippen LogP contribution is 2.13. The van der Waals surface area contributed by atoms with Crippen LogP contribution in [0.1, 0.15) is 20.3 Å². The zero-order valence-electron chi connectivity index (χ0n) is 13.3. The molecular weight excluding hydrogens is 268 g/mol. The van der Waals surface area contributed by atoms with Crippen LogP contribution in [0.4, 0.5) is 5.69 Å². The SMILES string of the molecule is CCC(C)N(CCOC)CC(O)COc1ccc(N)cc1. The fourth-order valence-corrected chi connectivity index (χ4v) is 2.04. The Bertz CT molecular complexity index is 384. The fraction of sp³-hybridized carbons (Fsp3) is 0.625. The van der Waals surface area contributed by atoms with Crippen molar-refractivity contribution in [1.29, 1.82) is 0 Å². The van der Waals surface area contributed by atoms with Gasteiger partial charge in [0.15, 0.2) is 0 Å². The third-order valence-corrected chi connectivity index (χ3v) is 3.56. The van der Waals surface area contributed by atoms with Gasteiger partial charge in [-0.05, 0) is 37.6 Å². The summed E-state index contributed by atoms with van der Waals surface area (Å²) in [5.41, 5.74) is 6.32. The number of nitrogen functional groups attached to an aromatic ring is 1. The summed E-state index contributed by atoms with van der Waals surface area (Å²) in [7, 11) is 1.69. The van der Waals surface area contributed by atoms with Crippen molar-refractivity contribution in [2.75, 3.05) is 39.1 Å². The average molecular weight is 296 g/mol. The van der Waals surface area contributed by atoms with Gasteiger partial charge in [-0.25, -0.2) is 0 Å². The molecule has 0 fully saturated rings. The Labute approximate surface area is 127 Å². The Hall–Kier alpha value is -1.30. The van der Waals surface area contributed by atoms with E-state index in [2.05, 4.69) is 18.7 Å². The number of aliphatic hydroxyl groups excluding tert-OH is 1. The van der Waals surface area contributed by atoms with Gasteiger partial charge in [0.25, 0.3) is 0 Å². The lowest BCUT2D eigenvalue weighted by molar-refractivity contribution is 0.0415. The quantitative estimate of drug-likeness (QED) is 0.644. The molecule has 2 unspecified atom stereocenters. The summed E-state index contributed by atoms with van der Waals surface area (Å²) in [6.07, 6.45) is 0.503. The summed E-state index contributed by atoms with van der Waals surface area (Å²) < 4.78 is 10.7. The van der Waals surface area contributed by atoms with Gasteiger partial charge < -0.3 is 20.3 Å². The van der Waals surface area contributed by atoms with E-state index < -0.39 is 6.10 Å². The van der Waals surface area contributed by atoms with Crippen LogP contribution in [0.5, 0.6) is 5.75 Å². The zero-order chi connectivity index (χ0) is 15.7. The first-order valence-electron chi connectivity index (χ1n) is 7.46. The molecule has 120 valence electrons. The Morgan fingerprint density at radius 3 is 2.52 bits per heavy atom. The molecule has 0 aliphatic carbocycles. The summed E-state index contributed by atoms with van der Waals surface area (Å²) in [6.45, 7) is 6.61. The highest BCUT2D eigenvalue weighted by molar-refractivity contribution is 5.41. The summed E-state index contributed by atoms with van der Waals surface area (Å²) in [5, 5.41) is 10.1. The number of hydrogen-bond acceptors (Lipinski definition) is 5. The molecule has 0 aliphatic rings. The molecule has 0 aromatic heterocycles. The monoisotopic (exact) mass is 296 g/mol. The minimum absolute atomic E-state index is 0.268. The number of aliphatic hydroxyl groups is 1. The van der Waals surface area contributed by atoms with Gasteiger partial charge in [-0.15, -0.1) is 0 Å². The molecular formula is C16H28N2O3. The lowest BCUT2D eigenvalue weighted by Gasteiger charge is -2.30.